The normalized spacial score (nSPS) is 16.7. The monoisotopic (exact) mass is 446 g/mol. The Morgan fingerprint density at radius 3 is 2.55 bits per heavy atom. The number of hydrogen-bond donors (Lipinski definition) is 2. The van der Waals surface area contributed by atoms with Gasteiger partial charge in [-0.05, 0) is 55.8 Å². The highest BCUT2D eigenvalue weighted by Gasteiger charge is 2.24. The van der Waals surface area contributed by atoms with Crippen LogP contribution in [0.1, 0.15) is 29.2 Å². The molecular weight excluding hydrogens is 420 g/mol. The number of nitrogens with zero attached hydrogens (tertiary/aromatic N) is 3. The smallest absolute Gasteiger partial charge is 0.328 e. The van der Waals surface area contributed by atoms with Crippen LogP contribution in [0.15, 0.2) is 72.9 Å². The summed E-state index contributed by atoms with van der Waals surface area (Å²) in [6.45, 7) is 2.16. The van der Waals surface area contributed by atoms with Crippen LogP contribution in [0.25, 0.3) is 11.3 Å². The van der Waals surface area contributed by atoms with E-state index in [1.165, 1.54) is 0 Å². The third kappa shape index (κ3) is 5.67. The van der Waals surface area contributed by atoms with Gasteiger partial charge in [0, 0.05) is 30.9 Å². The lowest BCUT2D eigenvalue weighted by molar-refractivity contribution is -0.131. The van der Waals surface area contributed by atoms with Gasteiger partial charge in [0.1, 0.15) is 17.2 Å². The van der Waals surface area contributed by atoms with Crippen LogP contribution in [0.2, 0.25) is 0 Å². The standard InChI is InChI=1S/C25H26N4O4/c26-25(32)22-17-29(19-6-4-14-28(16-19)15-5-9-23(30)31)27-24(22)18-10-12-21(13-11-18)33-20-7-2-1-3-8-20/h1-3,5,7-13,17,19H,4,6,14-16H2,(H2,26,32)(H,30,31)/b9-5+/t19-/m1/s1. The molecular formula is C25H26N4O4. The van der Waals surface area contributed by atoms with Crippen LogP contribution in [-0.4, -0.2) is 51.3 Å². The summed E-state index contributed by atoms with van der Waals surface area (Å²) in [6.07, 6.45) is 6.40. The molecule has 1 atom stereocenters. The van der Waals surface area contributed by atoms with Crippen LogP contribution in [-0.2, 0) is 4.79 Å². The summed E-state index contributed by atoms with van der Waals surface area (Å²) in [5, 5.41) is 13.5. The second kappa shape index (κ2) is 10.1. The van der Waals surface area contributed by atoms with Crippen molar-refractivity contribution in [3.63, 3.8) is 0 Å². The second-order valence-corrected chi connectivity index (χ2v) is 7.97. The highest BCUT2D eigenvalue weighted by atomic mass is 16.5. The maximum atomic E-state index is 12.1. The number of ether oxygens (including phenoxy) is 1. The Labute approximate surface area is 191 Å². The van der Waals surface area contributed by atoms with Crippen molar-refractivity contribution in [3.8, 4) is 22.8 Å². The third-order valence-electron chi connectivity index (χ3n) is 5.58. The summed E-state index contributed by atoms with van der Waals surface area (Å²) in [6, 6.07) is 17.0. The van der Waals surface area contributed by atoms with Gasteiger partial charge in [0.2, 0.25) is 0 Å². The Bertz CT molecular complexity index is 1140. The minimum atomic E-state index is -0.952. The molecule has 8 nitrogen and oxygen atoms in total. The third-order valence-corrected chi connectivity index (χ3v) is 5.58. The number of nitrogens with two attached hydrogens (primary N) is 1. The molecule has 4 rings (SSSR count). The van der Waals surface area contributed by atoms with Crippen molar-refractivity contribution in [1.82, 2.24) is 14.7 Å². The number of piperidine rings is 1. The molecule has 170 valence electrons. The molecule has 0 saturated carbocycles. The summed E-state index contributed by atoms with van der Waals surface area (Å²) in [5.41, 5.74) is 7.34. The zero-order chi connectivity index (χ0) is 23.2. The molecule has 3 N–H and O–H groups in total. The van der Waals surface area contributed by atoms with Gasteiger partial charge < -0.3 is 15.6 Å². The lowest BCUT2D eigenvalue weighted by Gasteiger charge is -2.32. The fourth-order valence-electron chi connectivity index (χ4n) is 3.99. The zero-order valence-corrected chi connectivity index (χ0v) is 18.1. The molecule has 1 amide bonds. The van der Waals surface area contributed by atoms with E-state index in [9.17, 15) is 9.59 Å². The Morgan fingerprint density at radius 1 is 1.12 bits per heavy atom. The number of para-hydroxylation sites is 1. The van der Waals surface area contributed by atoms with Crippen molar-refractivity contribution in [2.75, 3.05) is 19.6 Å². The minimum Gasteiger partial charge on any atom is -0.478 e. The first kappa shape index (κ1) is 22.3. The van der Waals surface area contributed by atoms with Gasteiger partial charge in [-0.25, -0.2) is 4.79 Å². The fourth-order valence-corrected chi connectivity index (χ4v) is 3.99. The van der Waals surface area contributed by atoms with E-state index in [4.69, 9.17) is 20.7 Å². The molecule has 1 aliphatic heterocycles. The molecule has 0 aliphatic carbocycles. The fraction of sp³-hybridized carbons (Fsp3) is 0.240. The second-order valence-electron chi connectivity index (χ2n) is 7.97. The quantitative estimate of drug-likeness (QED) is 0.510. The van der Waals surface area contributed by atoms with E-state index >= 15 is 0 Å². The van der Waals surface area contributed by atoms with E-state index in [2.05, 4.69) is 4.90 Å². The first-order chi connectivity index (χ1) is 16.0. The van der Waals surface area contributed by atoms with Gasteiger partial charge in [-0.3, -0.25) is 14.4 Å². The molecule has 2 aromatic carbocycles. The lowest BCUT2D eigenvalue weighted by atomic mass is 10.1. The molecule has 33 heavy (non-hydrogen) atoms. The number of benzene rings is 2. The zero-order valence-electron chi connectivity index (χ0n) is 18.1. The number of carbonyl (C=O) groups excluding carboxylic acids is 1. The number of aliphatic carboxylic acids is 1. The summed E-state index contributed by atoms with van der Waals surface area (Å²) in [7, 11) is 0. The number of carboxylic acids is 1. The number of carbonyl (C=O) groups is 2. The van der Waals surface area contributed by atoms with Crippen molar-refractivity contribution in [2.24, 2.45) is 5.73 Å². The largest absolute Gasteiger partial charge is 0.478 e. The predicted molar refractivity (Wildman–Crippen MR) is 124 cm³/mol. The van der Waals surface area contributed by atoms with Gasteiger partial charge >= 0.3 is 5.97 Å². The molecule has 3 aromatic rings. The van der Waals surface area contributed by atoms with Gasteiger partial charge in [0.25, 0.3) is 5.91 Å². The highest BCUT2D eigenvalue weighted by molar-refractivity contribution is 5.98. The van der Waals surface area contributed by atoms with Crippen LogP contribution in [0.5, 0.6) is 11.5 Å². The number of likely N-dealkylation sites (tertiary alicyclic amines) is 1. The van der Waals surface area contributed by atoms with Crippen LogP contribution in [0, 0.1) is 0 Å². The SMILES string of the molecule is NC(=O)c1cn([C@@H]2CCCN(C/C=C/C(=O)O)C2)nc1-c1ccc(Oc2ccccc2)cc1. The first-order valence-corrected chi connectivity index (χ1v) is 10.8. The minimum absolute atomic E-state index is 0.0736. The average Bonchev–Trinajstić information content (AvgIpc) is 3.26. The maximum absolute atomic E-state index is 12.1. The van der Waals surface area contributed by atoms with Crippen LogP contribution < -0.4 is 10.5 Å². The van der Waals surface area contributed by atoms with E-state index < -0.39 is 11.9 Å². The molecule has 1 fully saturated rings. The van der Waals surface area contributed by atoms with E-state index in [0.717, 1.165) is 36.8 Å². The van der Waals surface area contributed by atoms with E-state index in [-0.39, 0.29) is 6.04 Å². The van der Waals surface area contributed by atoms with Crippen molar-refractivity contribution < 1.29 is 19.4 Å². The van der Waals surface area contributed by atoms with E-state index in [1.807, 2.05) is 59.3 Å². The Kier molecular flexibility index (Phi) is 6.85. The Hall–Kier alpha value is -3.91. The number of aromatic nitrogens is 2. The average molecular weight is 447 g/mol. The molecule has 2 heterocycles. The van der Waals surface area contributed by atoms with Gasteiger partial charge in [-0.15, -0.1) is 0 Å². The van der Waals surface area contributed by atoms with Crippen molar-refractivity contribution in [1.29, 1.82) is 0 Å². The van der Waals surface area contributed by atoms with Crippen molar-refractivity contribution in [3.05, 3.63) is 78.5 Å². The van der Waals surface area contributed by atoms with E-state index in [1.54, 1.807) is 12.3 Å². The number of hydrogen-bond acceptors (Lipinski definition) is 5. The van der Waals surface area contributed by atoms with Crippen molar-refractivity contribution >= 4 is 11.9 Å². The van der Waals surface area contributed by atoms with Crippen LogP contribution in [0.4, 0.5) is 0 Å². The Balaban J connectivity index is 1.52. The van der Waals surface area contributed by atoms with Gasteiger partial charge in [0.15, 0.2) is 0 Å². The summed E-state index contributed by atoms with van der Waals surface area (Å²) >= 11 is 0. The first-order valence-electron chi connectivity index (χ1n) is 10.8. The van der Waals surface area contributed by atoms with Gasteiger partial charge in [-0.2, -0.15) is 5.10 Å². The summed E-state index contributed by atoms with van der Waals surface area (Å²) in [5.74, 6) is -0.0563. The van der Waals surface area contributed by atoms with Crippen LogP contribution >= 0.6 is 0 Å². The lowest BCUT2D eigenvalue weighted by Crippen LogP contribution is -2.36. The topological polar surface area (TPSA) is 111 Å². The molecule has 0 radical (unpaired) electrons. The Morgan fingerprint density at radius 2 is 1.85 bits per heavy atom. The molecule has 0 unspecified atom stereocenters. The van der Waals surface area contributed by atoms with Crippen LogP contribution in [0.3, 0.4) is 0 Å². The number of primary amides is 1. The summed E-state index contributed by atoms with van der Waals surface area (Å²) in [4.78, 5) is 25.0. The summed E-state index contributed by atoms with van der Waals surface area (Å²) < 4.78 is 7.66. The van der Waals surface area contributed by atoms with E-state index in [0.29, 0.717) is 30.1 Å². The molecule has 1 saturated heterocycles. The molecule has 1 aromatic heterocycles. The van der Waals surface area contributed by atoms with Gasteiger partial charge in [-0.1, -0.05) is 24.3 Å². The number of rotatable bonds is 8. The molecule has 0 spiro atoms. The maximum Gasteiger partial charge on any atom is 0.328 e. The molecule has 8 heteroatoms. The van der Waals surface area contributed by atoms with Crippen molar-refractivity contribution in [2.45, 2.75) is 18.9 Å². The molecule has 0 bridgehead atoms. The number of amides is 1. The van der Waals surface area contributed by atoms with Gasteiger partial charge in [0.05, 0.1) is 11.6 Å². The predicted octanol–water partition coefficient (Wildman–Crippen LogP) is 3.72. The number of carboxylic acid groups (broad SMARTS) is 1. The highest BCUT2D eigenvalue weighted by Crippen LogP contribution is 2.29. The molecule has 1 aliphatic rings.